The molecule has 0 aliphatic rings. The zero-order valence-corrected chi connectivity index (χ0v) is 8.49. The number of hydrogen-bond acceptors (Lipinski definition) is 3. The van der Waals surface area contributed by atoms with Crippen molar-refractivity contribution in [3.63, 3.8) is 0 Å². The van der Waals surface area contributed by atoms with Crippen molar-refractivity contribution in [3.8, 4) is 11.8 Å². The van der Waals surface area contributed by atoms with Gasteiger partial charge in [0.1, 0.15) is 17.4 Å². The summed E-state index contributed by atoms with van der Waals surface area (Å²) < 4.78 is 4.91. The second-order valence-electron chi connectivity index (χ2n) is 2.98. The Bertz CT molecular complexity index is 412. The molecule has 0 bridgehead atoms. The smallest absolute Gasteiger partial charge is 0.353 e. The van der Waals surface area contributed by atoms with Crippen LogP contribution < -0.4 is 4.74 Å². The monoisotopic (exact) mass is 201 g/mol. The minimum atomic E-state index is -0.707. The first kappa shape index (κ1) is 11.0. The maximum atomic E-state index is 11.2. The summed E-state index contributed by atoms with van der Waals surface area (Å²) in [6, 6.07) is 8.78. The summed E-state index contributed by atoms with van der Waals surface area (Å²) >= 11 is 0. The molecule has 0 spiro atoms. The summed E-state index contributed by atoms with van der Waals surface area (Å²) in [7, 11) is 0. The van der Waals surface area contributed by atoms with E-state index < -0.39 is 5.97 Å². The number of nitrogens with zero attached hydrogens (tertiary/aromatic N) is 1. The molecule has 3 heteroatoms. The van der Waals surface area contributed by atoms with Gasteiger partial charge in [-0.2, -0.15) is 5.26 Å². The van der Waals surface area contributed by atoms with Crippen molar-refractivity contribution in [3.05, 3.63) is 42.0 Å². The van der Waals surface area contributed by atoms with Crippen molar-refractivity contribution in [1.82, 2.24) is 0 Å². The van der Waals surface area contributed by atoms with E-state index >= 15 is 0 Å². The van der Waals surface area contributed by atoms with E-state index in [1.807, 2.05) is 19.1 Å². The van der Waals surface area contributed by atoms with Crippen LogP contribution in [0.2, 0.25) is 0 Å². The van der Waals surface area contributed by atoms with E-state index in [0.717, 1.165) is 12.0 Å². The average molecular weight is 201 g/mol. The molecule has 1 rings (SSSR count). The zero-order valence-electron chi connectivity index (χ0n) is 8.49. The van der Waals surface area contributed by atoms with Crippen LogP contribution in [-0.2, 0) is 11.2 Å². The fourth-order valence-electron chi connectivity index (χ4n) is 1.01. The highest BCUT2D eigenvalue weighted by Gasteiger charge is 2.08. The maximum absolute atomic E-state index is 11.2. The fourth-order valence-corrected chi connectivity index (χ4v) is 1.01. The summed E-state index contributed by atoms with van der Waals surface area (Å²) in [5, 5.41) is 8.42. The Morgan fingerprint density at radius 2 is 2.07 bits per heavy atom. The van der Waals surface area contributed by atoms with Crippen molar-refractivity contribution < 1.29 is 9.53 Å². The van der Waals surface area contributed by atoms with Crippen LogP contribution in [0.3, 0.4) is 0 Å². The van der Waals surface area contributed by atoms with Crippen molar-refractivity contribution in [1.29, 1.82) is 5.26 Å². The molecule has 3 nitrogen and oxygen atoms in total. The van der Waals surface area contributed by atoms with E-state index in [9.17, 15) is 4.79 Å². The lowest BCUT2D eigenvalue weighted by Crippen LogP contribution is -2.08. The van der Waals surface area contributed by atoms with Gasteiger partial charge in [-0.3, -0.25) is 0 Å². The van der Waals surface area contributed by atoms with Gasteiger partial charge in [0.2, 0.25) is 0 Å². The van der Waals surface area contributed by atoms with E-state index in [-0.39, 0.29) is 5.57 Å². The fraction of sp³-hybridized carbons (Fsp3) is 0.167. The van der Waals surface area contributed by atoms with Crippen LogP contribution in [0, 0.1) is 11.3 Å². The highest BCUT2D eigenvalue weighted by molar-refractivity contribution is 5.93. The van der Waals surface area contributed by atoms with Gasteiger partial charge in [-0.25, -0.2) is 4.79 Å². The molecule has 76 valence electrons. The van der Waals surface area contributed by atoms with Crippen LogP contribution >= 0.6 is 0 Å². The highest BCUT2D eigenvalue weighted by atomic mass is 16.5. The minimum Gasteiger partial charge on any atom is -0.422 e. The lowest BCUT2D eigenvalue weighted by atomic mass is 10.2. The number of esters is 1. The summed E-state index contributed by atoms with van der Waals surface area (Å²) in [4.78, 5) is 11.2. The third-order valence-corrected chi connectivity index (χ3v) is 1.92. The molecule has 0 N–H and O–H groups in total. The predicted octanol–water partition coefficient (Wildman–Crippen LogP) is 2.23. The first-order chi connectivity index (χ1) is 7.17. The lowest BCUT2D eigenvalue weighted by Gasteiger charge is -2.03. The van der Waals surface area contributed by atoms with Gasteiger partial charge in [0.05, 0.1) is 0 Å². The van der Waals surface area contributed by atoms with E-state index in [1.54, 1.807) is 18.2 Å². The average Bonchev–Trinajstić information content (AvgIpc) is 2.29. The largest absolute Gasteiger partial charge is 0.422 e. The molecular weight excluding hydrogens is 190 g/mol. The Morgan fingerprint density at radius 1 is 1.47 bits per heavy atom. The summed E-state index contributed by atoms with van der Waals surface area (Å²) in [6.45, 7) is 5.31. The molecule has 0 saturated carbocycles. The van der Waals surface area contributed by atoms with Crippen LogP contribution in [0.4, 0.5) is 0 Å². The Hall–Kier alpha value is -2.08. The molecule has 1 aromatic rings. The van der Waals surface area contributed by atoms with Crippen molar-refractivity contribution in [2.75, 3.05) is 0 Å². The molecule has 0 saturated heterocycles. The van der Waals surface area contributed by atoms with Crippen LogP contribution in [0.15, 0.2) is 36.4 Å². The molecule has 0 radical (unpaired) electrons. The number of benzene rings is 1. The van der Waals surface area contributed by atoms with Gasteiger partial charge in [0.25, 0.3) is 0 Å². The van der Waals surface area contributed by atoms with Crippen molar-refractivity contribution in [2.45, 2.75) is 13.3 Å². The molecule has 0 aliphatic heterocycles. The van der Waals surface area contributed by atoms with Gasteiger partial charge in [0.15, 0.2) is 0 Å². The molecule has 0 atom stereocenters. The van der Waals surface area contributed by atoms with Gasteiger partial charge in [0, 0.05) is 0 Å². The second kappa shape index (κ2) is 4.97. The number of carbonyl (C=O) groups excluding carboxylic acids is 1. The number of aryl methyl sites for hydroxylation is 1. The quantitative estimate of drug-likeness (QED) is 0.326. The molecule has 0 aliphatic carbocycles. The summed E-state index contributed by atoms with van der Waals surface area (Å²) in [6.07, 6.45) is 0.930. The number of hydrogen-bond donors (Lipinski definition) is 0. The molecule has 15 heavy (non-hydrogen) atoms. The molecule has 0 amide bonds. The topological polar surface area (TPSA) is 50.1 Å². The standard InChI is InChI=1S/C12H11NO2/c1-3-10-4-6-11(7-5-10)15-12(14)9(2)8-13/h4-7H,2-3H2,1H3. The lowest BCUT2D eigenvalue weighted by molar-refractivity contribution is -0.129. The Labute approximate surface area is 88.6 Å². The van der Waals surface area contributed by atoms with E-state index in [1.165, 1.54) is 0 Å². The molecule has 0 fully saturated rings. The van der Waals surface area contributed by atoms with E-state index in [2.05, 4.69) is 6.58 Å². The Balaban J connectivity index is 2.70. The maximum Gasteiger partial charge on any atom is 0.353 e. The number of ether oxygens (including phenoxy) is 1. The number of nitriles is 1. The van der Waals surface area contributed by atoms with Gasteiger partial charge >= 0.3 is 5.97 Å². The third-order valence-electron chi connectivity index (χ3n) is 1.92. The molecule has 1 aromatic carbocycles. The Morgan fingerprint density at radius 3 is 2.53 bits per heavy atom. The van der Waals surface area contributed by atoms with Gasteiger partial charge < -0.3 is 4.74 Å². The summed E-state index contributed by atoms with van der Waals surface area (Å²) in [5.74, 6) is -0.282. The number of rotatable bonds is 3. The first-order valence-electron chi connectivity index (χ1n) is 4.57. The molecular formula is C12H11NO2. The highest BCUT2D eigenvalue weighted by Crippen LogP contribution is 2.13. The third kappa shape index (κ3) is 2.96. The van der Waals surface area contributed by atoms with Crippen LogP contribution in [0.25, 0.3) is 0 Å². The molecule has 0 heterocycles. The zero-order chi connectivity index (χ0) is 11.3. The predicted molar refractivity (Wildman–Crippen MR) is 56.2 cm³/mol. The second-order valence-corrected chi connectivity index (χ2v) is 2.98. The van der Waals surface area contributed by atoms with Crippen LogP contribution in [-0.4, -0.2) is 5.97 Å². The van der Waals surface area contributed by atoms with Crippen molar-refractivity contribution >= 4 is 5.97 Å². The summed E-state index contributed by atoms with van der Waals surface area (Å²) in [5.41, 5.74) is 0.962. The van der Waals surface area contributed by atoms with Crippen molar-refractivity contribution in [2.24, 2.45) is 0 Å². The van der Waals surface area contributed by atoms with E-state index in [4.69, 9.17) is 10.00 Å². The Kier molecular flexibility index (Phi) is 3.64. The van der Waals surface area contributed by atoms with Gasteiger partial charge in [-0.1, -0.05) is 25.6 Å². The van der Waals surface area contributed by atoms with E-state index in [0.29, 0.717) is 5.75 Å². The first-order valence-corrected chi connectivity index (χ1v) is 4.57. The molecule has 0 unspecified atom stereocenters. The normalized spacial score (nSPS) is 9.07. The van der Waals surface area contributed by atoms with Gasteiger partial charge in [-0.05, 0) is 24.1 Å². The SMILES string of the molecule is C=C(C#N)C(=O)Oc1ccc(CC)cc1. The van der Waals surface area contributed by atoms with Gasteiger partial charge in [-0.15, -0.1) is 0 Å². The van der Waals surface area contributed by atoms with Crippen LogP contribution in [0.1, 0.15) is 12.5 Å². The molecule has 0 aromatic heterocycles. The minimum absolute atomic E-state index is 0.199. The van der Waals surface area contributed by atoms with Crippen LogP contribution in [0.5, 0.6) is 5.75 Å². The number of carbonyl (C=O) groups is 1.